The fourth-order valence-electron chi connectivity index (χ4n) is 1.53. The van der Waals surface area contributed by atoms with Crippen molar-refractivity contribution in [3.05, 3.63) is 11.7 Å². The van der Waals surface area contributed by atoms with Gasteiger partial charge in [-0.05, 0) is 19.9 Å². The van der Waals surface area contributed by atoms with Crippen molar-refractivity contribution in [2.45, 2.75) is 39.0 Å². The first kappa shape index (κ1) is 17.9. The van der Waals surface area contributed by atoms with E-state index in [9.17, 15) is 4.79 Å². The van der Waals surface area contributed by atoms with Crippen LogP contribution in [0.15, 0.2) is 4.52 Å². The maximum absolute atomic E-state index is 11.4. The maximum Gasteiger partial charge on any atom is 0.226 e. The van der Waals surface area contributed by atoms with E-state index in [0.717, 1.165) is 31.6 Å². The standard InChI is InChI=1S/C12H22N4O2.ClH/c1-3-5-10-15-12(18-16-10)7-4-6-11(17)14-9-8-13-2;/h13H,3-9H2,1-2H3,(H,14,17);1H. The number of nitrogens with one attached hydrogen (secondary N) is 2. The molecule has 0 aliphatic heterocycles. The van der Waals surface area contributed by atoms with Crippen molar-refractivity contribution in [3.8, 4) is 0 Å². The molecule has 1 aromatic heterocycles. The predicted molar refractivity (Wildman–Crippen MR) is 75.4 cm³/mol. The van der Waals surface area contributed by atoms with Gasteiger partial charge in [-0.2, -0.15) is 4.98 Å². The van der Waals surface area contributed by atoms with Crippen LogP contribution >= 0.6 is 12.4 Å². The van der Waals surface area contributed by atoms with Crippen LogP contribution in [0.4, 0.5) is 0 Å². The Labute approximate surface area is 120 Å². The zero-order valence-electron chi connectivity index (χ0n) is 11.6. The summed E-state index contributed by atoms with van der Waals surface area (Å²) in [6.45, 7) is 3.53. The average molecular weight is 291 g/mol. The molecule has 1 amide bonds. The second-order valence-corrected chi connectivity index (χ2v) is 4.16. The molecule has 1 aromatic rings. The summed E-state index contributed by atoms with van der Waals surface area (Å²) in [6, 6.07) is 0. The highest BCUT2D eigenvalue weighted by Crippen LogP contribution is 2.04. The minimum atomic E-state index is 0. The lowest BCUT2D eigenvalue weighted by molar-refractivity contribution is -0.121. The van der Waals surface area contributed by atoms with Gasteiger partial charge >= 0.3 is 0 Å². The molecule has 0 aliphatic rings. The molecule has 0 aromatic carbocycles. The topological polar surface area (TPSA) is 80.0 Å². The van der Waals surface area contributed by atoms with Gasteiger partial charge in [0.25, 0.3) is 0 Å². The van der Waals surface area contributed by atoms with E-state index in [1.54, 1.807) is 0 Å². The van der Waals surface area contributed by atoms with E-state index in [2.05, 4.69) is 27.7 Å². The fourth-order valence-corrected chi connectivity index (χ4v) is 1.53. The molecular weight excluding hydrogens is 268 g/mol. The van der Waals surface area contributed by atoms with Crippen LogP contribution in [-0.2, 0) is 17.6 Å². The van der Waals surface area contributed by atoms with Gasteiger partial charge < -0.3 is 15.2 Å². The van der Waals surface area contributed by atoms with Crippen molar-refractivity contribution in [1.82, 2.24) is 20.8 Å². The van der Waals surface area contributed by atoms with Crippen molar-refractivity contribution < 1.29 is 9.32 Å². The number of hydrogen-bond donors (Lipinski definition) is 2. The molecule has 0 atom stereocenters. The van der Waals surface area contributed by atoms with Gasteiger partial charge in [0.1, 0.15) is 0 Å². The molecule has 110 valence electrons. The first-order valence-corrected chi connectivity index (χ1v) is 6.49. The third-order valence-corrected chi connectivity index (χ3v) is 2.48. The van der Waals surface area contributed by atoms with Gasteiger partial charge in [0.05, 0.1) is 0 Å². The van der Waals surface area contributed by atoms with Crippen LogP contribution in [0.2, 0.25) is 0 Å². The smallest absolute Gasteiger partial charge is 0.226 e. The number of nitrogens with zero attached hydrogens (tertiary/aromatic N) is 2. The number of carbonyl (C=O) groups excluding carboxylic acids is 1. The van der Waals surface area contributed by atoms with E-state index in [-0.39, 0.29) is 18.3 Å². The summed E-state index contributed by atoms with van der Waals surface area (Å²) in [6.07, 6.45) is 3.74. The molecule has 0 unspecified atom stereocenters. The quantitative estimate of drug-likeness (QED) is 0.666. The Kier molecular flexibility index (Phi) is 10.1. The molecule has 0 radical (unpaired) electrons. The second-order valence-electron chi connectivity index (χ2n) is 4.16. The number of hydrogen-bond acceptors (Lipinski definition) is 5. The lowest BCUT2D eigenvalue weighted by atomic mass is 10.2. The molecule has 7 heteroatoms. The highest BCUT2D eigenvalue weighted by atomic mass is 35.5. The summed E-state index contributed by atoms with van der Waals surface area (Å²) in [5.41, 5.74) is 0. The Morgan fingerprint density at radius 2 is 2.11 bits per heavy atom. The van der Waals surface area contributed by atoms with Gasteiger partial charge in [0, 0.05) is 32.4 Å². The Morgan fingerprint density at radius 3 is 2.79 bits per heavy atom. The Balaban J connectivity index is 0.00000324. The molecule has 0 spiro atoms. The highest BCUT2D eigenvalue weighted by Gasteiger charge is 2.06. The van der Waals surface area contributed by atoms with Crippen LogP contribution in [0.25, 0.3) is 0 Å². The molecule has 1 rings (SSSR count). The first-order chi connectivity index (χ1) is 8.76. The molecular formula is C12H23ClN4O2. The number of amides is 1. The van der Waals surface area contributed by atoms with Crippen molar-refractivity contribution >= 4 is 18.3 Å². The molecule has 0 saturated heterocycles. The minimum Gasteiger partial charge on any atom is -0.355 e. The Hall–Kier alpha value is -1.14. The molecule has 0 fully saturated rings. The van der Waals surface area contributed by atoms with Gasteiger partial charge in [-0.15, -0.1) is 12.4 Å². The van der Waals surface area contributed by atoms with Crippen molar-refractivity contribution in [2.75, 3.05) is 20.1 Å². The van der Waals surface area contributed by atoms with Crippen LogP contribution < -0.4 is 10.6 Å². The van der Waals surface area contributed by atoms with Crippen LogP contribution in [0, 0.1) is 0 Å². The number of likely N-dealkylation sites (N-methyl/N-ethyl adjacent to an activating group) is 1. The normalized spacial score (nSPS) is 10.0. The van der Waals surface area contributed by atoms with Gasteiger partial charge in [-0.3, -0.25) is 4.79 Å². The van der Waals surface area contributed by atoms with Crippen LogP contribution in [0.5, 0.6) is 0 Å². The average Bonchev–Trinajstić information content (AvgIpc) is 2.78. The van der Waals surface area contributed by atoms with Crippen molar-refractivity contribution in [3.63, 3.8) is 0 Å². The van der Waals surface area contributed by atoms with E-state index < -0.39 is 0 Å². The lowest BCUT2D eigenvalue weighted by Crippen LogP contribution is -2.30. The maximum atomic E-state index is 11.4. The summed E-state index contributed by atoms with van der Waals surface area (Å²) >= 11 is 0. The van der Waals surface area contributed by atoms with Gasteiger partial charge in [-0.25, -0.2) is 0 Å². The summed E-state index contributed by atoms with van der Waals surface area (Å²) in [5.74, 6) is 1.45. The zero-order valence-corrected chi connectivity index (χ0v) is 12.4. The highest BCUT2D eigenvalue weighted by molar-refractivity contribution is 5.85. The van der Waals surface area contributed by atoms with E-state index >= 15 is 0 Å². The Morgan fingerprint density at radius 1 is 1.32 bits per heavy atom. The Bertz CT molecular complexity index is 357. The molecule has 6 nitrogen and oxygen atoms in total. The molecule has 2 N–H and O–H groups in total. The molecule has 0 bridgehead atoms. The van der Waals surface area contributed by atoms with Crippen LogP contribution in [0.3, 0.4) is 0 Å². The monoisotopic (exact) mass is 290 g/mol. The second kappa shape index (κ2) is 10.8. The van der Waals surface area contributed by atoms with E-state index in [1.165, 1.54) is 0 Å². The van der Waals surface area contributed by atoms with Crippen LogP contribution in [-0.4, -0.2) is 36.2 Å². The van der Waals surface area contributed by atoms with Gasteiger partial charge in [-0.1, -0.05) is 12.1 Å². The SMILES string of the molecule is CCCc1noc(CCCC(=O)NCCNC)n1.Cl. The van der Waals surface area contributed by atoms with Crippen molar-refractivity contribution in [1.29, 1.82) is 0 Å². The third-order valence-electron chi connectivity index (χ3n) is 2.48. The summed E-state index contributed by atoms with van der Waals surface area (Å²) in [7, 11) is 1.86. The van der Waals surface area contributed by atoms with Crippen molar-refractivity contribution in [2.24, 2.45) is 0 Å². The number of aromatic nitrogens is 2. The number of aryl methyl sites for hydroxylation is 2. The van der Waals surface area contributed by atoms with E-state index in [1.807, 2.05) is 7.05 Å². The lowest BCUT2D eigenvalue weighted by Gasteiger charge is -2.03. The fraction of sp³-hybridized carbons (Fsp3) is 0.750. The first-order valence-electron chi connectivity index (χ1n) is 6.49. The minimum absolute atomic E-state index is 0. The zero-order chi connectivity index (χ0) is 13.2. The predicted octanol–water partition coefficient (Wildman–Crippen LogP) is 1.10. The van der Waals surface area contributed by atoms with Gasteiger partial charge in [0.2, 0.25) is 11.8 Å². The third kappa shape index (κ3) is 7.79. The number of rotatable bonds is 9. The molecule has 0 aliphatic carbocycles. The molecule has 19 heavy (non-hydrogen) atoms. The number of carbonyl (C=O) groups is 1. The summed E-state index contributed by atoms with van der Waals surface area (Å²) in [5, 5.41) is 9.67. The number of halogens is 1. The molecule has 0 saturated carbocycles. The summed E-state index contributed by atoms with van der Waals surface area (Å²) < 4.78 is 5.09. The molecule has 1 heterocycles. The van der Waals surface area contributed by atoms with Crippen LogP contribution in [0.1, 0.15) is 37.9 Å². The van der Waals surface area contributed by atoms with Gasteiger partial charge in [0.15, 0.2) is 5.82 Å². The largest absolute Gasteiger partial charge is 0.355 e. The summed E-state index contributed by atoms with van der Waals surface area (Å²) in [4.78, 5) is 15.7. The van der Waals surface area contributed by atoms with E-state index in [4.69, 9.17) is 4.52 Å². The van der Waals surface area contributed by atoms with E-state index in [0.29, 0.717) is 25.3 Å².